The van der Waals surface area contributed by atoms with Crippen LogP contribution >= 0.6 is 15.9 Å². The Morgan fingerprint density at radius 2 is 2.06 bits per heavy atom. The maximum atomic E-state index is 11.9. The van der Waals surface area contributed by atoms with Crippen molar-refractivity contribution in [3.63, 3.8) is 0 Å². The minimum Gasteiger partial charge on any atom is -0.383 e. The van der Waals surface area contributed by atoms with Crippen molar-refractivity contribution in [2.24, 2.45) is 0 Å². The van der Waals surface area contributed by atoms with E-state index in [1.54, 1.807) is 31.2 Å². The van der Waals surface area contributed by atoms with Crippen LogP contribution in [0.15, 0.2) is 33.6 Å². The van der Waals surface area contributed by atoms with Crippen molar-refractivity contribution in [2.45, 2.75) is 17.9 Å². The zero-order valence-corrected chi connectivity index (χ0v) is 11.5. The molecule has 1 N–H and O–H groups in total. The molecule has 4 nitrogen and oxygen atoms in total. The smallest absolute Gasteiger partial charge is 0.242 e. The van der Waals surface area contributed by atoms with Crippen LogP contribution in [0.3, 0.4) is 0 Å². The van der Waals surface area contributed by atoms with E-state index in [2.05, 4.69) is 20.7 Å². The Morgan fingerprint density at radius 3 is 2.62 bits per heavy atom. The number of sulfonamides is 1. The summed E-state index contributed by atoms with van der Waals surface area (Å²) >= 11 is 3.21. The fourth-order valence-corrected chi connectivity index (χ4v) is 3.51. The van der Waals surface area contributed by atoms with Gasteiger partial charge in [-0.2, -0.15) is 0 Å². The molecule has 1 atom stereocenters. The van der Waals surface area contributed by atoms with Crippen molar-refractivity contribution in [3.8, 4) is 0 Å². The fourth-order valence-electron chi connectivity index (χ4n) is 1.28. The highest BCUT2D eigenvalue weighted by Gasteiger charge is 2.19. The Kier molecular flexibility index (Phi) is 4.91. The van der Waals surface area contributed by atoms with E-state index in [1.165, 1.54) is 7.11 Å². The molecular formula is C10H14BrNO3S. The third-order valence-electron chi connectivity index (χ3n) is 1.90. The van der Waals surface area contributed by atoms with Gasteiger partial charge in [0.1, 0.15) is 0 Å². The summed E-state index contributed by atoms with van der Waals surface area (Å²) in [7, 11) is -1.96. The molecular weight excluding hydrogens is 294 g/mol. The van der Waals surface area contributed by atoms with E-state index in [9.17, 15) is 8.42 Å². The summed E-state index contributed by atoms with van der Waals surface area (Å²) in [5.41, 5.74) is 0. The highest BCUT2D eigenvalue weighted by molar-refractivity contribution is 9.10. The minimum atomic E-state index is -3.49. The van der Waals surface area contributed by atoms with Gasteiger partial charge in [-0.3, -0.25) is 0 Å². The van der Waals surface area contributed by atoms with E-state index >= 15 is 0 Å². The van der Waals surface area contributed by atoms with E-state index in [-0.39, 0.29) is 10.9 Å². The van der Waals surface area contributed by atoms with Gasteiger partial charge in [0.15, 0.2) is 0 Å². The number of nitrogens with one attached hydrogen (secondary N) is 1. The number of ether oxygens (including phenoxy) is 1. The van der Waals surface area contributed by atoms with Gasteiger partial charge >= 0.3 is 0 Å². The number of benzene rings is 1. The molecule has 0 aliphatic carbocycles. The van der Waals surface area contributed by atoms with E-state index in [0.29, 0.717) is 11.1 Å². The third kappa shape index (κ3) is 3.55. The average Bonchev–Trinajstić information content (AvgIpc) is 2.17. The first-order chi connectivity index (χ1) is 7.47. The maximum absolute atomic E-state index is 11.9. The molecule has 0 aliphatic rings. The Balaban J connectivity index is 2.91. The zero-order valence-electron chi connectivity index (χ0n) is 9.10. The Bertz CT molecular complexity index is 447. The second-order valence-electron chi connectivity index (χ2n) is 3.41. The van der Waals surface area contributed by atoms with Crippen LogP contribution in [0.2, 0.25) is 0 Å². The summed E-state index contributed by atoms with van der Waals surface area (Å²) in [6.07, 6.45) is 0. The third-order valence-corrected chi connectivity index (χ3v) is 4.50. The van der Waals surface area contributed by atoms with Crippen molar-refractivity contribution in [1.82, 2.24) is 4.72 Å². The average molecular weight is 308 g/mol. The topological polar surface area (TPSA) is 55.4 Å². The van der Waals surface area contributed by atoms with Gasteiger partial charge in [-0.05, 0) is 35.0 Å². The van der Waals surface area contributed by atoms with Gasteiger partial charge in [0.05, 0.1) is 11.5 Å². The largest absolute Gasteiger partial charge is 0.383 e. The van der Waals surface area contributed by atoms with Gasteiger partial charge in [-0.25, -0.2) is 13.1 Å². The van der Waals surface area contributed by atoms with Crippen LogP contribution in [0, 0.1) is 0 Å². The molecule has 1 aromatic carbocycles. The molecule has 0 radical (unpaired) electrons. The second-order valence-corrected chi connectivity index (χ2v) is 5.94. The number of hydrogen-bond acceptors (Lipinski definition) is 3. The minimum absolute atomic E-state index is 0.234. The first-order valence-electron chi connectivity index (χ1n) is 4.73. The lowest BCUT2D eigenvalue weighted by molar-refractivity contribution is 0.180. The van der Waals surface area contributed by atoms with Crippen molar-refractivity contribution < 1.29 is 13.2 Å². The first kappa shape index (κ1) is 13.6. The molecule has 0 heterocycles. The molecule has 0 unspecified atom stereocenters. The Morgan fingerprint density at radius 1 is 1.44 bits per heavy atom. The number of rotatable bonds is 5. The molecule has 1 aromatic rings. The highest BCUT2D eigenvalue weighted by Crippen LogP contribution is 2.20. The number of halogens is 1. The van der Waals surface area contributed by atoms with Crippen LogP contribution in [0.1, 0.15) is 6.92 Å². The normalized spacial score (nSPS) is 13.7. The molecule has 0 aromatic heterocycles. The summed E-state index contributed by atoms with van der Waals surface area (Å²) < 4.78 is 31.8. The Labute approximate surface area is 104 Å². The van der Waals surface area contributed by atoms with Gasteiger partial charge in [-0.15, -0.1) is 0 Å². The number of hydrogen-bond donors (Lipinski definition) is 1. The summed E-state index contributed by atoms with van der Waals surface area (Å²) in [5, 5.41) is 0. The van der Waals surface area contributed by atoms with Gasteiger partial charge < -0.3 is 4.74 Å². The van der Waals surface area contributed by atoms with E-state index in [0.717, 1.165) is 0 Å². The van der Waals surface area contributed by atoms with Crippen molar-refractivity contribution in [1.29, 1.82) is 0 Å². The van der Waals surface area contributed by atoms with Crippen LogP contribution in [-0.2, 0) is 14.8 Å². The predicted molar refractivity (Wildman–Crippen MR) is 65.8 cm³/mol. The van der Waals surface area contributed by atoms with Gasteiger partial charge in [0.2, 0.25) is 10.0 Å². The molecule has 90 valence electrons. The fraction of sp³-hybridized carbons (Fsp3) is 0.400. The van der Waals surface area contributed by atoms with Crippen molar-refractivity contribution in [2.75, 3.05) is 13.7 Å². The summed E-state index contributed by atoms with van der Waals surface area (Å²) in [6, 6.07) is 6.42. The molecule has 6 heteroatoms. The maximum Gasteiger partial charge on any atom is 0.242 e. The summed E-state index contributed by atoms with van der Waals surface area (Å²) in [5.74, 6) is 0. The van der Waals surface area contributed by atoms with E-state index < -0.39 is 10.0 Å². The van der Waals surface area contributed by atoms with Gasteiger partial charge in [0.25, 0.3) is 0 Å². The lowest BCUT2D eigenvalue weighted by Gasteiger charge is -2.13. The molecule has 0 aliphatic heterocycles. The highest BCUT2D eigenvalue weighted by atomic mass is 79.9. The first-order valence-corrected chi connectivity index (χ1v) is 7.01. The van der Waals surface area contributed by atoms with Crippen LogP contribution in [0.25, 0.3) is 0 Å². The molecule has 0 bridgehead atoms. The SMILES string of the molecule is COC[C@@H](C)NS(=O)(=O)c1ccccc1Br. The summed E-state index contributed by atoms with van der Waals surface area (Å²) in [4.78, 5) is 0.234. The Hall–Kier alpha value is -0.430. The van der Waals surface area contributed by atoms with Gasteiger partial charge in [0, 0.05) is 17.6 Å². The molecule has 16 heavy (non-hydrogen) atoms. The van der Waals surface area contributed by atoms with Crippen LogP contribution in [0.5, 0.6) is 0 Å². The van der Waals surface area contributed by atoms with E-state index in [1.807, 2.05) is 0 Å². The van der Waals surface area contributed by atoms with Crippen molar-refractivity contribution >= 4 is 26.0 Å². The lowest BCUT2D eigenvalue weighted by atomic mass is 10.4. The molecule has 0 fully saturated rings. The van der Waals surface area contributed by atoms with Crippen LogP contribution < -0.4 is 4.72 Å². The quantitative estimate of drug-likeness (QED) is 0.902. The van der Waals surface area contributed by atoms with Crippen molar-refractivity contribution in [3.05, 3.63) is 28.7 Å². The van der Waals surface area contributed by atoms with E-state index in [4.69, 9.17) is 4.74 Å². The van der Waals surface area contributed by atoms with Gasteiger partial charge in [-0.1, -0.05) is 12.1 Å². The van der Waals surface area contributed by atoms with Crippen LogP contribution in [0.4, 0.5) is 0 Å². The standard InChI is InChI=1S/C10H14BrNO3S/c1-8(7-15-2)12-16(13,14)10-6-4-3-5-9(10)11/h3-6,8,12H,7H2,1-2H3/t8-/m1/s1. The predicted octanol–water partition coefficient (Wildman–Crippen LogP) is 1.76. The zero-order chi connectivity index (χ0) is 12.2. The monoisotopic (exact) mass is 307 g/mol. The molecule has 0 amide bonds. The summed E-state index contributed by atoms with van der Waals surface area (Å²) in [6.45, 7) is 2.08. The molecule has 0 saturated carbocycles. The lowest BCUT2D eigenvalue weighted by Crippen LogP contribution is -2.35. The second kappa shape index (κ2) is 5.77. The molecule has 1 rings (SSSR count). The number of methoxy groups -OCH3 is 1. The van der Waals surface area contributed by atoms with Crippen LogP contribution in [-0.4, -0.2) is 28.2 Å². The molecule has 0 spiro atoms. The molecule has 0 saturated heterocycles.